The number of benzene rings is 1. The van der Waals surface area contributed by atoms with Crippen LogP contribution < -0.4 is 10.6 Å². The van der Waals surface area contributed by atoms with Crippen molar-refractivity contribution in [3.8, 4) is 0 Å². The van der Waals surface area contributed by atoms with Crippen LogP contribution in [0.2, 0.25) is 0 Å². The highest BCUT2D eigenvalue weighted by Crippen LogP contribution is 2.09. The molecule has 26 heavy (non-hydrogen) atoms. The van der Waals surface area contributed by atoms with E-state index >= 15 is 0 Å². The molecule has 1 aromatic carbocycles. The Morgan fingerprint density at radius 1 is 1.08 bits per heavy atom. The van der Waals surface area contributed by atoms with Crippen LogP contribution in [0, 0.1) is 0 Å². The molecule has 1 aromatic rings. The standard InChI is InChI=1S/C20H33N5O/c1-21-20(22-12-15-25-13-6-4-5-7-14-25)23-16-17-8-10-18(11-9-17)19(26)24(2)3/h8-11H,4-7,12-16H2,1-3H3,(H2,21,22,23). The lowest BCUT2D eigenvalue weighted by atomic mass is 10.1. The number of rotatable bonds is 6. The first-order valence-corrected chi connectivity index (χ1v) is 9.57. The number of likely N-dealkylation sites (tertiary alicyclic amines) is 1. The smallest absolute Gasteiger partial charge is 0.253 e. The van der Waals surface area contributed by atoms with Crippen LogP contribution in [0.5, 0.6) is 0 Å². The van der Waals surface area contributed by atoms with Gasteiger partial charge in [0.1, 0.15) is 0 Å². The maximum Gasteiger partial charge on any atom is 0.253 e. The van der Waals surface area contributed by atoms with Crippen molar-refractivity contribution in [3.05, 3.63) is 35.4 Å². The Balaban J connectivity index is 1.73. The van der Waals surface area contributed by atoms with Crippen molar-refractivity contribution in [2.75, 3.05) is 47.3 Å². The van der Waals surface area contributed by atoms with Crippen molar-refractivity contribution in [3.63, 3.8) is 0 Å². The van der Waals surface area contributed by atoms with Gasteiger partial charge in [0.25, 0.3) is 5.91 Å². The number of guanidine groups is 1. The van der Waals surface area contributed by atoms with E-state index in [9.17, 15) is 4.79 Å². The summed E-state index contributed by atoms with van der Waals surface area (Å²) in [5.74, 6) is 0.837. The number of carbonyl (C=O) groups is 1. The Hall–Kier alpha value is -2.08. The first-order valence-electron chi connectivity index (χ1n) is 9.57. The lowest BCUT2D eigenvalue weighted by molar-refractivity contribution is 0.0827. The molecule has 6 heteroatoms. The zero-order chi connectivity index (χ0) is 18.8. The van der Waals surface area contributed by atoms with Gasteiger partial charge >= 0.3 is 0 Å². The van der Waals surface area contributed by atoms with Crippen LogP contribution in [-0.2, 0) is 6.54 Å². The van der Waals surface area contributed by atoms with Gasteiger partial charge in [-0.1, -0.05) is 25.0 Å². The summed E-state index contributed by atoms with van der Waals surface area (Å²) in [4.78, 5) is 20.3. The fourth-order valence-corrected chi connectivity index (χ4v) is 3.12. The van der Waals surface area contributed by atoms with Gasteiger partial charge in [0.2, 0.25) is 0 Å². The number of nitrogens with zero attached hydrogens (tertiary/aromatic N) is 3. The number of amides is 1. The molecule has 2 N–H and O–H groups in total. The normalized spacial score (nSPS) is 16.0. The molecule has 0 unspecified atom stereocenters. The molecule has 144 valence electrons. The quantitative estimate of drug-likeness (QED) is 0.602. The minimum absolute atomic E-state index is 0.0236. The summed E-state index contributed by atoms with van der Waals surface area (Å²) >= 11 is 0. The van der Waals surface area contributed by atoms with E-state index in [4.69, 9.17) is 0 Å². The third kappa shape index (κ3) is 6.67. The van der Waals surface area contributed by atoms with Crippen LogP contribution in [0.3, 0.4) is 0 Å². The van der Waals surface area contributed by atoms with E-state index in [1.807, 2.05) is 24.3 Å². The second-order valence-corrected chi connectivity index (χ2v) is 7.00. The Bertz CT molecular complexity index is 574. The van der Waals surface area contributed by atoms with Crippen LogP contribution in [0.25, 0.3) is 0 Å². The number of carbonyl (C=O) groups excluding carboxylic acids is 1. The molecule has 0 saturated carbocycles. The highest BCUT2D eigenvalue weighted by molar-refractivity contribution is 5.93. The van der Waals surface area contributed by atoms with Crippen molar-refractivity contribution in [1.82, 2.24) is 20.4 Å². The first-order chi connectivity index (χ1) is 12.6. The maximum absolute atomic E-state index is 11.9. The number of hydrogen-bond donors (Lipinski definition) is 2. The summed E-state index contributed by atoms with van der Waals surface area (Å²) < 4.78 is 0. The van der Waals surface area contributed by atoms with Crippen molar-refractivity contribution in [2.24, 2.45) is 4.99 Å². The monoisotopic (exact) mass is 359 g/mol. The lowest BCUT2D eigenvalue weighted by Crippen LogP contribution is -2.41. The predicted octanol–water partition coefficient (Wildman–Crippen LogP) is 1.93. The Morgan fingerprint density at radius 3 is 2.31 bits per heavy atom. The zero-order valence-electron chi connectivity index (χ0n) is 16.4. The van der Waals surface area contributed by atoms with Gasteiger partial charge in [0.05, 0.1) is 0 Å². The van der Waals surface area contributed by atoms with Gasteiger partial charge in [0.15, 0.2) is 5.96 Å². The molecule has 1 aliphatic rings. The number of aliphatic imine (C=N–C) groups is 1. The second kappa shape index (κ2) is 10.8. The van der Waals surface area contributed by atoms with E-state index in [0.29, 0.717) is 12.1 Å². The molecule has 0 spiro atoms. The van der Waals surface area contributed by atoms with E-state index in [0.717, 1.165) is 24.6 Å². The van der Waals surface area contributed by atoms with Gasteiger partial charge in [0, 0.05) is 46.3 Å². The minimum Gasteiger partial charge on any atom is -0.355 e. The van der Waals surface area contributed by atoms with Gasteiger partial charge in [-0.25, -0.2) is 0 Å². The minimum atomic E-state index is 0.0236. The van der Waals surface area contributed by atoms with Gasteiger partial charge in [-0.3, -0.25) is 9.79 Å². The van der Waals surface area contributed by atoms with E-state index in [-0.39, 0.29) is 5.91 Å². The molecule has 2 rings (SSSR count). The molecule has 0 aromatic heterocycles. The predicted molar refractivity (Wildman–Crippen MR) is 108 cm³/mol. The van der Waals surface area contributed by atoms with E-state index in [2.05, 4.69) is 20.5 Å². The van der Waals surface area contributed by atoms with E-state index in [1.165, 1.54) is 38.8 Å². The van der Waals surface area contributed by atoms with Crippen molar-refractivity contribution in [2.45, 2.75) is 32.2 Å². The largest absolute Gasteiger partial charge is 0.355 e. The molecule has 0 bridgehead atoms. The maximum atomic E-state index is 11.9. The van der Waals surface area contributed by atoms with Gasteiger partial charge < -0.3 is 20.4 Å². The molecule has 0 radical (unpaired) electrons. The summed E-state index contributed by atoms with van der Waals surface area (Å²) in [6.07, 6.45) is 5.37. The molecular formula is C20H33N5O. The van der Waals surface area contributed by atoms with Crippen molar-refractivity contribution < 1.29 is 4.79 Å². The van der Waals surface area contributed by atoms with Gasteiger partial charge in [-0.15, -0.1) is 0 Å². The molecule has 1 saturated heterocycles. The number of hydrogen-bond acceptors (Lipinski definition) is 3. The summed E-state index contributed by atoms with van der Waals surface area (Å²) in [5.41, 5.74) is 1.83. The van der Waals surface area contributed by atoms with Crippen molar-refractivity contribution >= 4 is 11.9 Å². The molecule has 6 nitrogen and oxygen atoms in total. The molecule has 0 aliphatic carbocycles. The Kier molecular flexibility index (Phi) is 8.41. The highest BCUT2D eigenvalue weighted by Gasteiger charge is 2.09. The summed E-state index contributed by atoms with van der Waals surface area (Å²) in [7, 11) is 5.32. The summed E-state index contributed by atoms with van der Waals surface area (Å²) in [6.45, 7) is 5.06. The van der Waals surface area contributed by atoms with Crippen LogP contribution in [-0.4, -0.2) is 69.0 Å². The average molecular weight is 360 g/mol. The van der Waals surface area contributed by atoms with E-state index in [1.54, 1.807) is 26.0 Å². The molecule has 0 atom stereocenters. The van der Waals surface area contributed by atoms with Gasteiger partial charge in [-0.2, -0.15) is 0 Å². The Labute approximate surface area is 157 Å². The second-order valence-electron chi connectivity index (χ2n) is 7.00. The van der Waals surface area contributed by atoms with Crippen LogP contribution in [0.15, 0.2) is 29.3 Å². The lowest BCUT2D eigenvalue weighted by Gasteiger charge is -2.20. The summed E-state index contributed by atoms with van der Waals surface area (Å²) in [6, 6.07) is 7.70. The molecule has 1 aliphatic heterocycles. The van der Waals surface area contributed by atoms with E-state index < -0.39 is 0 Å². The van der Waals surface area contributed by atoms with Crippen LogP contribution in [0.1, 0.15) is 41.6 Å². The molecule has 1 fully saturated rings. The van der Waals surface area contributed by atoms with Crippen LogP contribution in [0.4, 0.5) is 0 Å². The fourth-order valence-electron chi connectivity index (χ4n) is 3.12. The topological polar surface area (TPSA) is 60.0 Å². The Morgan fingerprint density at radius 2 is 1.73 bits per heavy atom. The molecule has 1 heterocycles. The summed E-state index contributed by atoms with van der Waals surface area (Å²) in [5, 5.41) is 6.72. The van der Waals surface area contributed by atoms with Crippen molar-refractivity contribution in [1.29, 1.82) is 0 Å². The molecule has 1 amide bonds. The third-order valence-corrected chi connectivity index (χ3v) is 4.71. The SMILES string of the molecule is CN=C(NCCN1CCCCCC1)NCc1ccc(C(=O)N(C)C)cc1. The molecular weight excluding hydrogens is 326 g/mol. The zero-order valence-corrected chi connectivity index (χ0v) is 16.4. The van der Waals surface area contributed by atoms with Gasteiger partial charge in [-0.05, 0) is 43.6 Å². The third-order valence-electron chi connectivity index (χ3n) is 4.71. The van der Waals surface area contributed by atoms with Crippen LogP contribution >= 0.6 is 0 Å². The first kappa shape index (κ1) is 20.2. The number of nitrogens with one attached hydrogen (secondary N) is 2. The highest BCUT2D eigenvalue weighted by atomic mass is 16.2. The average Bonchev–Trinajstić information content (AvgIpc) is 2.93. The fraction of sp³-hybridized carbons (Fsp3) is 0.600.